The molecule has 1 saturated heterocycles. The Balaban J connectivity index is 2.58. The number of carbonyl (C=O) groups is 2. The van der Waals surface area contributed by atoms with E-state index in [4.69, 9.17) is 9.84 Å². The summed E-state index contributed by atoms with van der Waals surface area (Å²) in [5.74, 6) is -1.10. The van der Waals surface area contributed by atoms with Gasteiger partial charge in [-0.2, -0.15) is 0 Å². The van der Waals surface area contributed by atoms with Crippen LogP contribution >= 0.6 is 0 Å². The molecule has 2 N–H and O–H groups in total. The molecular weight excluding hydrogens is 212 g/mol. The van der Waals surface area contributed by atoms with Crippen LogP contribution in [-0.2, 0) is 14.3 Å². The predicted octanol–water partition coefficient (Wildman–Crippen LogP) is -0.704. The van der Waals surface area contributed by atoms with Crippen molar-refractivity contribution >= 4 is 11.9 Å². The average Bonchev–Trinajstić information content (AvgIpc) is 2.16. The first kappa shape index (κ1) is 12.9. The van der Waals surface area contributed by atoms with Crippen LogP contribution in [0.2, 0.25) is 0 Å². The molecule has 92 valence electrons. The third-order valence-corrected chi connectivity index (χ3v) is 2.31. The fourth-order valence-corrected chi connectivity index (χ4v) is 1.62. The Morgan fingerprint density at radius 2 is 2.25 bits per heavy atom. The third-order valence-electron chi connectivity index (χ3n) is 2.31. The lowest BCUT2D eigenvalue weighted by Gasteiger charge is -2.33. The summed E-state index contributed by atoms with van der Waals surface area (Å²) >= 11 is 0. The summed E-state index contributed by atoms with van der Waals surface area (Å²) in [4.78, 5) is 24.0. The molecule has 1 aliphatic heterocycles. The van der Waals surface area contributed by atoms with E-state index in [1.54, 1.807) is 4.90 Å². The topological polar surface area (TPSA) is 78.9 Å². The molecule has 0 aliphatic carbocycles. The molecule has 0 spiro atoms. The van der Waals surface area contributed by atoms with Crippen molar-refractivity contribution in [2.24, 2.45) is 0 Å². The number of nitrogens with one attached hydrogen (secondary N) is 1. The monoisotopic (exact) mass is 230 g/mol. The summed E-state index contributed by atoms with van der Waals surface area (Å²) in [5, 5.41) is 11.5. The van der Waals surface area contributed by atoms with Gasteiger partial charge in [0.25, 0.3) is 0 Å². The molecule has 0 radical (unpaired) electrons. The SMILES string of the molecule is CC(C)NC(=O)C1COCCN1CC(=O)O. The lowest BCUT2D eigenvalue weighted by Crippen LogP contribution is -2.55. The highest BCUT2D eigenvalue weighted by atomic mass is 16.5. The van der Waals surface area contributed by atoms with Crippen LogP contribution in [0.1, 0.15) is 13.8 Å². The summed E-state index contributed by atoms with van der Waals surface area (Å²) < 4.78 is 5.20. The molecule has 0 saturated carbocycles. The Hall–Kier alpha value is -1.14. The minimum absolute atomic E-state index is 0.0427. The first-order valence-electron chi connectivity index (χ1n) is 5.34. The van der Waals surface area contributed by atoms with E-state index in [1.165, 1.54) is 0 Å². The van der Waals surface area contributed by atoms with Crippen molar-refractivity contribution in [2.75, 3.05) is 26.3 Å². The number of ether oxygens (including phenoxy) is 1. The lowest BCUT2D eigenvalue weighted by atomic mass is 10.2. The zero-order valence-electron chi connectivity index (χ0n) is 9.60. The minimum atomic E-state index is -0.927. The van der Waals surface area contributed by atoms with Gasteiger partial charge in [-0.3, -0.25) is 14.5 Å². The van der Waals surface area contributed by atoms with E-state index in [-0.39, 0.29) is 25.1 Å². The van der Waals surface area contributed by atoms with Crippen molar-refractivity contribution in [3.63, 3.8) is 0 Å². The van der Waals surface area contributed by atoms with Crippen LogP contribution in [0, 0.1) is 0 Å². The molecule has 6 nitrogen and oxygen atoms in total. The molecular formula is C10H18N2O4. The summed E-state index contributed by atoms with van der Waals surface area (Å²) in [5.41, 5.74) is 0. The van der Waals surface area contributed by atoms with E-state index in [0.29, 0.717) is 13.2 Å². The number of rotatable bonds is 4. The maximum atomic E-state index is 11.8. The van der Waals surface area contributed by atoms with Crippen molar-refractivity contribution in [1.82, 2.24) is 10.2 Å². The number of amides is 1. The smallest absolute Gasteiger partial charge is 0.317 e. The standard InChI is InChI=1S/C10H18N2O4/c1-7(2)11-10(15)8-6-16-4-3-12(8)5-9(13)14/h7-8H,3-6H2,1-2H3,(H,11,15)(H,13,14). The second kappa shape index (κ2) is 5.81. The van der Waals surface area contributed by atoms with Gasteiger partial charge in [0.05, 0.1) is 19.8 Å². The zero-order chi connectivity index (χ0) is 12.1. The fourth-order valence-electron chi connectivity index (χ4n) is 1.62. The van der Waals surface area contributed by atoms with Gasteiger partial charge in [-0.25, -0.2) is 0 Å². The number of hydrogen-bond donors (Lipinski definition) is 2. The van der Waals surface area contributed by atoms with Gasteiger partial charge in [-0.1, -0.05) is 0 Å². The molecule has 0 aromatic carbocycles. The number of aliphatic carboxylic acids is 1. The first-order chi connectivity index (χ1) is 7.50. The molecule has 1 unspecified atom stereocenters. The quantitative estimate of drug-likeness (QED) is 0.667. The molecule has 0 aromatic heterocycles. The van der Waals surface area contributed by atoms with Gasteiger partial charge < -0.3 is 15.2 Å². The summed E-state index contributed by atoms with van der Waals surface area (Å²) in [6.07, 6.45) is 0. The Kier molecular flexibility index (Phi) is 4.70. The number of carboxylic acid groups (broad SMARTS) is 1. The number of hydrogen-bond acceptors (Lipinski definition) is 4. The third kappa shape index (κ3) is 3.79. The van der Waals surface area contributed by atoms with Gasteiger partial charge in [0.2, 0.25) is 5.91 Å². The van der Waals surface area contributed by atoms with Crippen molar-refractivity contribution in [2.45, 2.75) is 25.9 Å². The van der Waals surface area contributed by atoms with Gasteiger partial charge in [-0.15, -0.1) is 0 Å². The largest absolute Gasteiger partial charge is 0.480 e. The van der Waals surface area contributed by atoms with E-state index in [0.717, 1.165) is 0 Å². The first-order valence-corrected chi connectivity index (χ1v) is 5.34. The summed E-state index contributed by atoms with van der Waals surface area (Å²) in [6, 6.07) is -0.451. The maximum absolute atomic E-state index is 11.8. The van der Waals surface area contributed by atoms with Gasteiger partial charge >= 0.3 is 5.97 Å². The molecule has 1 atom stereocenters. The number of carboxylic acids is 1. The second-order valence-corrected chi connectivity index (χ2v) is 4.12. The van der Waals surface area contributed by atoms with Crippen LogP contribution in [0.3, 0.4) is 0 Å². The summed E-state index contributed by atoms with van der Waals surface area (Å²) in [7, 11) is 0. The Labute approximate surface area is 94.6 Å². The molecule has 1 rings (SSSR count). The van der Waals surface area contributed by atoms with E-state index in [9.17, 15) is 9.59 Å². The molecule has 1 amide bonds. The van der Waals surface area contributed by atoms with Crippen LogP contribution < -0.4 is 5.32 Å². The molecule has 6 heteroatoms. The van der Waals surface area contributed by atoms with Gasteiger partial charge in [-0.05, 0) is 13.8 Å². The van der Waals surface area contributed by atoms with E-state index in [2.05, 4.69) is 5.32 Å². The van der Waals surface area contributed by atoms with Crippen LogP contribution in [-0.4, -0.2) is 60.3 Å². The van der Waals surface area contributed by atoms with Gasteiger partial charge in [0.15, 0.2) is 0 Å². The second-order valence-electron chi connectivity index (χ2n) is 4.12. The molecule has 1 fully saturated rings. The Morgan fingerprint density at radius 3 is 2.81 bits per heavy atom. The van der Waals surface area contributed by atoms with Gasteiger partial charge in [0, 0.05) is 12.6 Å². The molecule has 0 aromatic rings. The van der Waals surface area contributed by atoms with Crippen molar-refractivity contribution in [3.8, 4) is 0 Å². The van der Waals surface area contributed by atoms with Crippen LogP contribution in [0.15, 0.2) is 0 Å². The van der Waals surface area contributed by atoms with E-state index in [1.807, 2.05) is 13.8 Å². The number of nitrogens with zero attached hydrogens (tertiary/aromatic N) is 1. The van der Waals surface area contributed by atoms with Crippen LogP contribution in [0.25, 0.3) is 0 Å². The minimum Gasteiger partial charge on any atom is -0.480 e. The molecule has 0 bridgehead atoms. The Bertz CT molecular complexity index is 268. The highest BCUT2D eigenvalue weighted by Gasteiger charge is 2.30. The van der Waals surface area contributed by atoms with Crippen LogP contribution in [0.5, 0.6) is 0 Å². The predicted molar refractivity (Wildman–Crippen MR) is 57.1 cm³/mol. The zero-order valence-corrected chi connectivity index (χ0v) is 9.60. The lowest BCUT2D eigenvalue weighted by molar-refractivity contribution is -0.143. The van der Waals surface area contributed by atoms with Crippen LogP contribution in [0.4, 0.5) is 0 Å². The van der Waals surface area contributed by atoms with E-state index < -0.39 is 12.0 Å². The number of carbonyl (C=O) groups excluding carboxylic acids is 1. The van der Waals surface area contributed by atoms with Crippen molar-refractivity contribution in [3.05, 3.63) is 0 Å². The molecule has 1 heterocycles. The Morgan fingerprint density at radius 1 is 1.56 bits per heavy atom. The highest BCUT2D eigenvalue weighted by Crippen LogP contribution is 2.07. The summed E-state index contributed by atoms with van der Waals surface area (Å²) in [6.45, 7) is 4.80. The van der Waals surface area contributed by atoms with Crippen molar-refractivity contribution in [1.29, 1.82) is 0 Å². The van der Waals surface area contributed by atoms with Gasteiger partial charge in [0.1, 0.15) is 6.04 Å². The molecule has 16 heavy (non-hydrogen) atoms. The molecule has 1 aliphatic rings. The fraction of sp³-hybridized carbons (Fsp3) is 0.800. The number of morpholine rings is 1. The highest BCUT2D eigenvalue weighted by molar-refractivity contribution is 5.83. The normalized spacial score (nSPS) is 22.1. The van der Waals surface area contributed by atoms with Crippen molar-refractivity contribution < 1.29 is 19.4 Å². The maximum Gasteiger partial charge on any atom is 0.317 e. The average molecular weight is 230 g/mol. The van der Waals surface area contributed by atoms with E-state index >= 15 is 0 Å².